The van der Waals surface area contributed by atoms with Crippen molar-refractivity contribution in [2.75, 3.05) is 6.54 Å². The van der Waals surface area contributed by atoms with Crippen molar-refractivity contribution >= 4 is 11.9 Å². The number of nitrogens with zero attached hydrogens (tertiary/aromatic N) is 3. The second-order valence-electron chi connectivity index (χ2n) is 3.95. The summed E-state index contributed by atoms with van der Waals surface area (Å²) in [5.41, 5.74) is 0. The minimum Gasteiger partial charge on any atom is -0.480 e. The molecule has 92 valence electrons. The van der Waals surface area contributed by atoms with E-state index in [1.54, 1.807) is 6.92 Å². The maximum atomic E-state index is 11.9. The van der Waals surface area contributed by atoms with Crippen LogP contribution in [0.4, 0.5) is 0 Å². The Balaban J connectivity index is 2.21. The molecule has 1 saturated heterocycles. The van der Waals surface area contributed by atoms with Gasteiger partial charge in [0.15, 0.2) is 0 Å². The third kappa shape index (κ3) is 2.11. The molecule has 0 spiro atoms. The third-order valence-corrected chi connectivity index (χ3v) is 2.61. The van der Waals surface area contributed by atoms with Gasteiger partial charge in [-0.15, -0.1) is 5.10 Å². The van der Waals surface area contributed by atoms with Crippen molar-refractivity contribution in [3.63, 3.8) is 0 Å². The predicted octanol–water partition coefficient (Wildman–Crippen LogP) is -1.23. The lowest BCUT2D eigenvalue weighted by atomic mass is 10.2. The van der Waals surface area contributed by atoms with Crippen LogP contribution in [0.25, 0.3) is 0 Å². The lowest BCUT2D eigenvalue weighted by Crippen LogP contribution is -2.41. The molecule has 1 aromatic heterocycles. The van der Waals surface area contributed by atoms with Crippen molar-refractivity contribution in [1.82, 2.24) is 20.1 Å². The number of nitrogens with one attached hydrogen (secondary N) is 1. The van der Waals surface area contributed by atoms with Gasteiger partial charge in [-0.2, -0.15) is 0 Å². The Morgan fingerprint density at radius 3 is 2.76 bits per heavy atom. The van der Waals surface area contributed by atoms with Crippen LogP contribution >= 0.6 is 0 Å². The lowest BCUT2D eigenvalue weighted by Gasteiger charge is -2.19. The van der Waals surface area contributed by atoms with Gasteiger partial charge in [0.1, 0.15) is 11.9 Å². The smallest absolute Gasteiger partial charge is 0.326 e. The zero-order valence-corrected chi connectivity index (χ0v) is 9.12. The number of carbonyl (C=O) groups is 2. The Bertz CT molecular complexity index is 458. The van der Waals surface area contributed by atoms with Gasteiger partial charge in [0.2, 0.25) is 5.82 Å². The summed E-state index contributed by atoms with van der Waals surface area (Å²) in [6, 6.07) is -1.02. The highest BCUT2D eigenvalue weighted by molar-refractivity contribution is 5.93. The van der Waals surface area contributed by atoms with Gasteiger partial charge in [-0.05, 0) is 6.92 Å². The molecule has 1 aromatic rings. The number of aliphatic hydroxyl groups is 1. The number of aryl methyl sites for hydroxylation is 1. The van der Waals surface area contributed by atoms with E-state index in [9.17, 15) is 14.7 Å². The zero-order valence-electron chi connectivity index (χ0n) is 9.12. The molecule has 0 aliphatic carbocycles. The van der Waals surface area contributed by atoms with E-state index in [2.05, 4.69) is 15.2 Å². The fourth-order valence-electron chi connectivity index (χ4n) is 1.84. The van der Waals surface area contributed by atoms with Crippen LogP contribution in [-0.4, -0.2) is 60.9 Å². The Kier molecular flexibility index (Phi) is 2.80. The molecule has 1 amide bonds. The molecule has 1 aliphatic heterocycles. The van der Waals surface area contributed by atoms with Gasteiger partial charge in [0.05, 0.1) is 6.10 Å². The molecule has 2 rings (SSSR count). The van der Waals surface area contributed by atoms with E-state index in [0.717, 1.165) is 4.90 Å². The van der Waals surface area contributed by atoms with Crippen LogP contribution in [0.15, 0.2) is 0 Å². The molecule has 8 nitrogen and oxygen atoms in total. The molecule has 17 heavy (non-hydrogen) atoms. The summed E-state index contributed by atoms with van der Waals surface area (Å²) >= 11 is 0. The molecule has 0 saturated carbocycles. The topological polar surface area (TPSA) is 119 Å². The number of aliphatic hydroxyl groups excluding tert-OH is 1. The number of β-amino-alcohol motifs (C(OH)–C–C–N with tert-alkyl or cyclic N) is 1. The quantitative estimate of drug-likeness (QED) is 0.595. The maximum Gasteiger partial charge on any atom is 0.326 e. The van der Waals surface area contributed by atoms with Crippen molar-refractivity contribution in [1.29, 1.82) is 0 Å². The molecule has 0 bridgehead atoms. The Morgan fingerprint density at radius 2 is 2.24 bits per heavy atom. The van der Waals surface area contributed by atoms with Crippen molar-refractivity contribution in [3.8, 4) is 0 Å². The third-order valence-electron chi connectivity index (χ3n) is 2.61. The largest absolute Gasteiger partial charge is 0.480 e. The fraction of sp³-hybridized carbons (Fsp3) is 0.556. The van der Waals surface area contributed by atoms with E-state index in [1.165, 1.54) is 0 Å². The van der Waals surface area contributed by atoms with Crippen molar-refractivity contribution in [2.24, 2.45) is 0 Å². The number of likely N-dealkylation sites (tertiary alicyclic amines) is 1. The molecule has 0 unspecified atom stereocenters. The van der Waals surface area contributed by atoms with Gasteiger partial charge in [-0.1, -0.05) is 0 Å². The van der Waals surface area contributed by atoms with Gasteiger partial charge in [-0.25, -0.2) is 9.78 Å². The molecular formula is C9H12N4O4. The van der Waals surface area contributed by atoms with Crippen molar-refractivity contribution in [2.45, 2.75) is 25.5 Å². The Hall–Kier alpha value is -1.96. The minimum atomic E-state index is -1.14. The summed E-state index contributed by atoms with van der Waals surface area (Å²) in [5, 5.41) is 24.5. The standard InChI is InChI=1S/C9H12N4O4/c1-4-10-7(12-11-4)8(15)13-3-5(14)2-6(13)9(16)17/h5-6,14H,2-3H2,1H3,(H,16,17)(H,10,11,12)/t5-,6-/m1/s1. The molecule has 0 aromatic carbocycles. The molecule has 2 heterocycles. The highest BCUT2D eigenvalue weighted by Crippen LogP contribution is 2.19. The number of hydrogen-bond donors (Lipinski definition) is 3. The SMILES string of the molecule is Cc1nc(C(=O)N2C[C@H](O)C[C@@H]2C(=O)O)n[nH]1. The summed E-state index contributed by atoms with van der Waals surface area (Å²) in [4.78, 5) is 27.8. The van der Waals surface area contributed by atoms with E-state index in [-0.39, 0.29) is 18.8 Å². The molecule has 1 aliphatic rings. The van der Waals surface area contributed by atoms with E-state index < -0.39 is 24.0 Å². The molecule has 0 radical (unpaired) electrons. The highest BCUT2D eigenvalue weighted by atomic mass is 16.4. The lowest BCUT2D eigenvalue weighted by molar-refractivity contribution is -0.141. The van der Waals surface area contributed by atoms with E-state index >= 15 is 0 Å². The van der Waals surface area contributed by atoms with Crippen LogP contribution in [0.1, 0.15) is 22.9 Å². The van der Waals surface area contributed by atoms with Gasteiger partial charge in [-0.3, -0.25) is 9.89 Å². The second kappa shape index (κ2) is 4.13. The van der Waals surface area contributed by atoms with Gasteiger partial charge < -0.3 is 15.1 Å². The number of aromatic amines is 1. The van der Waals surface area contributed by atoms with Gasteiger partial charge in [0, 0.05) is 13.0 Å². The Labute approximate surface area is 96.3 Å². The van der Waals surface area contributed by atoms with Crippen LogP contribution in [0.3, 0.4) is 0 Å². The Morgan fingerprint density at radius 1 is 1.53 bits per heavy atom. The molecule has 3 N–H and O–H groups in total. The molecule has 1 fully saturated rings. The number of hydrogen-bond acceptors (Lipinski definition) is 5. The fourth-order valence-corrected chi connectivity index (χ4v) is 1.84. The number of amides is 1. The number of carbonyl (C=O) groups excluding carboxylic acids is 1. The zero-order chi connectivity index (χ0) is 12.6. The number of H-pyrrole nitrogens is 1. The van der Waals surface area contributed by atoms with E-state index in [0.29, 0.717) is 5.82 Å². The minimum absolute atomic E-state index is 0.0105. The van der Waals surface area contributed by atoms with E-state index in [4.69, 9.17) is 5.11 Å². The first kappa shape index (κ1) is 11.5. The van der Waals surface area contributed by atoms with Crippen LogP contribution in [0, 0.1) is 6.92 Å². The normalized spacial score (nSPS) is 24.0. The van der Waals surface area contributed by atoms with E-state index in [1.807, 2.05) is 0 Å². The number of rotatable bonds is 2. The first-order chi connectivity index (χ1) is 7.99. The maximum absolute atomic E-state index is 11.9. The summed E-state index contributed by atoms with van der Waals surface area (Å²) in [5.74, 6) is -1.33. The predicted molar refractivity (Wildman–Crippen MR) is 54.2 cm³/mol. The first-order valence-corrected chi connectivity index (χ1v) is 5.10. The molecule has 8 heteroatoms. The first-order valence-electron chi connectivity index (χ1n) is 5.10. The number of carboxylic acid groups (broad SMARTS) is 1. The highest BCUT2D eigenvalue weighted by Gasteiger charge is 2.40. The van der Waals surface area contributed by atoms with Crippen LogP contribution in [0.2, 0.25) is 0 Å². The number of aromatic nitrogens is 3. The average Bonchev–Trinajstić information content (AvgIpc) is 2.83. The number of aliphatic carboxylic acids is 1. The average molecular weight is 240 g/mol. The van der Waals surface area contributed by atoms with Crippen molar-refractivity contribution in [3.05, 3.63) is 11.6 Å². The van der Waals surface area contributed by atoms with Gasteiger partial charge in [0.25, 0.3) is 5.91 Å². The summed E-state index contributed by atoms with van der Waals surface area (Å²) < 4.78 is 0. The van der Waals surface area contributed by atoms with Crippen LogP contribution in [0.5, 0.6) is 0 Å². The summed E-state index contributed by atoms with van der Waals surface area (Å²) in [6.45, 7) is 1.63. The summed E-state index contributed by atoms with van der Waals surface area (Å²) in [7, 11) is 0. The molecule has 2 atom stereocenters. The van der Waals surface area contributed by atoms with Crippen molar-refractivity contribution < 1.29 is 19.8 Å². The van der Waals surface area contributed by atoms with Gasteiger partial charge >= 0.3 is 5.97 Å². The van der Waals surface area contributed by atoms with Crippen LogP contribution < -0.4 is 0 Å². The molecular weight excluding hydrogens is 228 g/mol. The second-order valence-corrected chi connectivity index (χ2v) is 3.95. The number of carboxylic acids is 1. The monoisotopic (exact) mass is 240 g/mol. The van der Waals surface area contributed by atoms with Crippen LogP contribution in [-0.2, 0) is 4.79 Å². The summed E-state index contributed by atoms with van der Waals surface area (Å²) in [6.07, 6.45) is -0.787.